The number of hydrogen-bond donors (Lipinski definition) is 1. The molecule has 2 aromatic heterocycles. The minimum atomic E-state index is -0.267. The second kappa shape index (κ2) is 9.34. The van der Waals surface area contributed by atoms with E-state index in [0.717, 1.165) is 49.9 Å². The van der Waals surface area contributed by atoms with E-state index in [1.54, 1.807) is 17.5 Å². The first-order valence-electron chi connectivity index (χ1n) is 12.0. The number of amides is 1. The number of carbonyl (C=O) groups is 2. The molecular formula is C27H31N3O2S2. The molecule has 3 aliphatic rings. The van der Waals surface area contributed by atoms with Crippen molar-refractivity contribution in [2.24, 2.45) is 5.41 Å². The maximum absolute atomic E-state index is 13.2. The highest BCUT2D eigenvalue weighted by atomic mass is 32.2. The lowest BCUT2D eigenvalue weighted by molar-refractivity contribution is 0.0910. The number of Topliss-reactive ketones (excluding diaryl/α,β-unsaturated/α-hetero) is 1. The molecule has 1 fully saturated rings. The predicted octanol–water partition coefficient (Wildman–Crippen LogP) is 6.80. The van der Waals surface area contributed by atoms with Gasteiger partial charge in [0.25, 0.3) is 0 Å². The molecule has 2 aromatic rings. The Hall–Kier alpha value is -2.38. The van der Waals surface area contributed by atoms with Crippen molar-refractivity contribution < 1.29 is 9.59 Å². The number of nitrogens with zero attached hydrogens (tertiary/aromatic N) is 2. The molecule has 178 valence electrons. The van der Waals surface area contributed by atoms with Gasteiger partial charge in [-0.2, -0.15) is 9.78 Å². The monoisotopic (exact) mass is 493 g/mol. The third-order valence-electron chi connectivity index (χ3n) is 6.84. The van der Waals surface area contributed by atoms with E-state index in [4.69, 9.17) is 0 Å². The molecule has 0 aliphatic heterocycles. The van der Waals surface area contributed by atoms with Crippen molar-refractivity contribution in [1.82, 2.24) is 15.1 Å². The first-order valence-corrected chi connectivity index (χ1v) is 13.7. The van der Waals surface area contributed by atoms with Crippen molar-refractivity contribution in [3.63, 3.8) is 0 Å². The van der Waals surface area contributed by atoms with Crippen LogP contribution in [0.4, 0.5) is 4.79 Å². The van der Waals surface area contributed by atoms with Crippen LogP contribution in [0.3, 0.4) is 0 Å². The molecule has 1 N–H and O–H groups in total. The zero-order valence-corrected chi connectivity index (χ0v) is 21.5. The van der Waals surface area contributed by atoms with E-state index in [1.165, 1.54) is 30.4 Å². The van der Waals surface area contributed by atoms with Gasteiger partial charge >= 0.3 is 6.03 Å². The number of ketones is 1. The highest BCUT2D eigenvalue weighted by Gasteiger charge is 2.37. The molecule has 1 saturated carbocycles. The number of fused-ring (bicyclic) bond motifs is 1. The molecule has 7 heteroatoms. The lowest BCUT2D eigenvalue weighted by atomic mass is 9.74. The van der Waals surface area contributed by atoms with Crippen LogP contribution in [0.1, 0.15) is 68.3 Å². The van der Waals surface area contributed by atoms with Crippen LogP contribution in [0.25, 0.3) is 10.6 Å². The van der Waals surface area contributed by atoms with Gasteiger partial charge in [0.15, 0.2) is 5.78 Å². The number of nitrogens with one attached hydrogen (secondary N) is 1. The molecule has 3 aliphatic carbocycles. The third-order valence-corrected chi connectivity index (χ3v) is 9.65. The molecule has 0 spiro atoms. The van der Waals surface area contributed by atoms with Crippen LogP contribution in [0.5, 0.6) is 0 Å². The van der Waals surface area contributed by atoms with E-state index in [9.17, 15) is 9.59 Å². The first kappa shape index (κ1) is 23.4. The van der Waals surface area contributed by atoms with Crippen LogP contribution in [-0.4, -0.2) is 33.4 Å². The number of hydrogen-bond acceptors (Lipinski definition) is 5. The fourth-order valence-corrected chi connectivity index (χ4v) is 8.15. The number of carbonyl (C=O) groups excluding carboxylic acids is 2. The van der Waals surface area contributed by atoms with Crippen LogP contribution < -0.4 is 5.32 Å². The molecular weight excluding hydrogens is 462 g/mol. The van der Waals surface area contributed by atoms with Crippen LogP contribution in [0.15, 0.2) is 52.4 Å². The smallest absolute Gasteiger partial charge is 0.332 e. The molecule has 34 heavy (non-hydrogen) atoms. The second-order valence-corrected chi connectivity index (χ2v) is 12.9. The molecule has 0 aromatic carbocycles. The number of aromatic nitrogens is 2. The second-order valence-electron chi connectivity index (χ2n) is 10.3. The third kappa shape index (κ3) is 4.73. The van der Waals surface area contributed by atoms with Gasteiger partial charge in [0.2, 0.25) is 0 Å². The minimum absolute atomic E-state index is 0.0697. The number of thioether (sulfide) groups is 1. The number of thiophene rings is 1. The summed E-state index contributed by atoms with van der Waals surface area (Å²) in [6, 6.07) is 1.63. The van der Waals surface area contributed by atoms with Crippen molar-refractivity contribution in [3.8, 4) is 10.6 Å². The molecule has 0 radical (unpaired) electrons. The summed E-state index contributed by atoms with van der Waals surface area (Å²) in [5.41, 5.74) is 4.79. The van der Waals surface area contributed by atoms with Crippen LogP contribution in [0.2, 0.25) is 0 Å². The topological polar surface area (TPSA) is 64.0 Å². The summed E-state index contributed by atoms with van der Waals surface area (Å²) in [7, 11) is 0. The Morgan fingerprint density at radius 1 is 1.32 bits per heavy atom. The highest BCUT2D eigenvalue weighted by Crippen LogP contribution is 2.50. The van der Waals surface area contributed by atoms with Crippen LogP contribution in [-0.2, 0) is 6.42 Å². The highest BCUT2D eigenvalue weighted by molar-refractivity contribution is 8.01. The van der Waals surface area contributed by atoms with Gasteiger partial charge in [0.05, 0.1) is 9.09 Å². The minimum Gasteiger partial charge on any atom is -0.332 e. The summed E-state index contributed by atoms with van der Waals surface area (Å²) in [5, 5.41) is 8.17. The van der Waals surface area contributed by atoms with Gasteiger partial charge in [0, 0.05) is 30.0 Å². The molecule has 5 rings (SSSR count). The Bertz CT molecular complexity index is 1210. The Kier molecular flexibility index (Phi) is 6.42. The van der Waals surface area contributed by atoms with Crippen molar-refractivity contribution in [1.29, 1.82) is 0 Å². The predicted molar refractivity (Wildman–Crippen MR) is 140 cm³/mol. The Labute approximate surface area is 209 Å². The fourth-order valence-electron chi connectivity index (χ4n) is 5.04. The van der Waals surface area contributed by atoms with Crippen molar-refractivity contribution in [2.45, 2.75) is 68.3 Å². The number of rotatable bonds is 5. The maximum Gasteiger partial charge on any atom is 0.342 e. The summed E-state index contributed by atoms with van der Waals surface area (Å²) in [5.74, 6) is 0.251. The quantitative estimate of drug-likeness (QED) is 0.497. The molecule has 5 nitrogen and oxygen atoms in total. The largest absolute Gasteiger partial charge is 0.342 e. The standard InChI is InChI=1S/C27H31N3O2S2/c1-17-8-4-5-9-18(17)16-28-26(32)30-13-12-21(29-30)24-20-14-27(2,3)15-22(31)23(20)25(34-24)33-19-10-6-7-11-19/h4-5,9,12-13,19H,1,6-8,10-11,14-16H2,2-3H3,(H,28,32). The van der Waals surface area contributed by atoms with E-state index < -0.39 is 0 Å². The zero-order valence-electron chi connectivity index (χ0n) is 19.9. The zero-order chi connectivity index (χ0) is 23.9. The molecule has 0 bridgehead atoms. The van der Waals surface area contributed by atoms with Crippen molar-refractivity contribution >= 4 is 34.9 Å². The Balaban J connectivity index is 1.41. The van der Waals surface area contributed by atoms with E-state index >= 15 is 0 Å². The van der Waals surface area contributed by atoms with E-state index in [0.29, 0.717) is 18.2 Å². The van der Waals surface area contributed by atoms with Gasteiger partial charge < -0.3 is 5.32 Å². The summed E-state index contributed by atoms with van der Waals surface area (Å²) in [4.78, 5) is 27.0. The summed E-state index contributed by atoms with van der Waals surface area (Å²) < 4.78 is 2.51. The lowest BCUT2D eigenvalue weighted by Crippen LogP contribution is -2.31. The molecule has 0 atom stereocenters. The van der Waals surface area contributed by atoms with E-state index in [1.807, 2.05) is 30.0 Å². The van der Waals surface area contributed by atoms with Gasteiger partial charge in [-0.3, -0.25) is 4.79 Å². The van der Waals surface area contributed by atoms with Gasteiger partial charge in [0.1, 0.15) is 5.69 Å². The van der Waals surface area contributed by atoms with Gasteiger partial charge in [-0.05, 0) is 53.9 Å². The van der Waals surface area contributed by atoms with Gasteiger partial charge in [-0.1, -0.05) is 51.5 Å². The molecule has 0 saturated heterocycles. The molecule has 2 heterocycles. The molecule has 0 unspecified atom stereocenters. The van der Waals surface area contributed by atoms with Crippen LogP contribution >= 0.6 is 23.1 Å². The summed E-state index contributed by atoms with van der Waals surface area (Å²) >= 11 is 3.57. The normalized spacial score (nSPS) is 19.9. The van der Waals surface area contributed by atoms with E-state index in [2.05, 4.69) is 36.9 Å². The fraction of sp³-hybridized carbons (Fsp3) is 0.444. The summed E-state index contributed by atoms with van der Waals surface area (Å²) in [6.45, 7) is 8.81. The van der Waals surface area contributed by atoms with E-state index in [-0.39, 0.29) is 17.2 Å². The summed E-state index contributed by atoms with van der Waals surface area (Å²) in [6.07, 6.45) is 15.0. The Morgan fingerprint density at radius 3 is 2.88 bits per heavy atom. The average Bonchev–Trinajstić information content (AvgIpc) is 3.53. The van der Waals surface area contributed by atoms with Crippen molar-refractivity contribution in [3.05, 3.63) is 59.3 Å². The number of allylic oxidation sites excluding steroid dienone is 3. The van der Waals surface area contributed by atoms with Gasteiger partial charge in [-0.15, -0.1) is 23.1 Å². The first-order chi connectivity index (χ1) is 16.3. The van der Waals surface area contributed by atoms with Gasteiger partial charge in [-0.25, -0.2) is 4.79 Å². The SMILES string of the molecule is C=C1CC=CC=C1CNC(=O)n1ccc(-c2sc(SC3CCCC3)c3c2CC(C)(C)CC3=O)n1. The average molecular weight is 494 g/mol. The van der Waals surface area contributed by atoms with Crippen LogP contribution in [0, 0.1) is 5.41 Å². The maximum atomic E-state index is 13.2. The lowest BCUT2D eigenvalue weighted by Gasteiger charge is -2.29. The Morgan fingerprint density at radius 2 is 2.12 bits per heavy atom. The molecule has 1 amide bonds. The van der Waals surface area contributed by atoms with Crippen molar-refractivity contribution in [2.75, 3.05) is 6.54 Å².